The van der Waals surface area contributed by atoms with Gasteiger partial charge in [0.1, 0.15) is 0 Å². The van der Waals surface area contributed by atoms with E-state index in [1.165, 1.54) is 0 Å². The number of aromatic nitrogens is 1. The lowest BCUT2D eigenvalue weighted by atomic mass is 10.0. The second-order valence-electron chi connectivity index (χ2n) is 6.25. The number of ether oxygens (including phenoxy) is 2. The fourth-order valence-electron chi connectivity index (χ4n) is 3.04. The highest BCUT2D eigenvalue weighted by Crippen LogP contribution is 2.33. The number of pyridine rings is 1. The molecule has 3 aromatic rings. The molecular formula is C22H27Cl2N3O3. The first kappa shape index (κ1) is 25.5. The number of nitrogens with zero attached hydrogens (tertiary/aromatic N) is 1. The number of carbonyl (C=O) groups is 1. The number of hydrogen-bond donors (Lipinski definition) is 2. The van der Waals surface area contributed by atoms with E-state index in [1.54, 1.807) is 14.2 Å². The van der Waals surface area contributed by atoms with Crippen molar-refractivity contribution in [1.82, 2.24) is 15.6 Å². The van der Waals surface area contributed by atoms with Gasteiger partial charge >= 0.3 is 0 Å². The number of carbonyl (C=O) groups excluding carboxylic acids is 1. The summed E-state index contributed by atoms with van der Waals surface area (Å²) in [4.78, 5) is 17.6. The summed E-state index contributed by atoms with van der Waals surface area (Å²) in [6, 6.07) is 15.1. The van der Waals surface area contributed by atoms with Gasteiger partial charge < -0.3 is 20.1 Å². The first-order chi connectivity index (χ1) is 13.7. The molecule has 30 heavy (non-hydrogen) atoms. The number of benzene rings is 2. The Morgan fingerprint density at radius 3 is 2.40 bits per heavy atom. The topological polar surface area (TPSA) is 72.5 Å². The maximum absolute atomic E-state index is 12.8. The molecule has 0 radical (unpaired) electrons. The van der Waals surface area contributed by atoms with Gasteiger partial charge in [-0.1, -0.05) is 25.1 Å². The Balaban J connectivity index is 0.00000225. The maximum atomic E-state index is 12.8. The number of para-hydroxylation sites is 1. The zero-order valence-electron chi connectivity index (χ0n) is 17.2. The fraction of sp³-hybridized carbons (Fsp3) is 0.273. The second kappa shape index (κ2) is 12.2. The first-order valence-electron chi connectivity index (χ1n) is 9.29. The Hall–Kier alpha value is -2.54. The summed E-state index contributed by atoms with van der Waals surface area (Å²) >= 11 is 0. The van der Waals surface area contributed by atoms with Crippen molar-refractivity contribution < 1.29 is 14.3 Å². The molecule has 162 valence electrons. The van der Waals surface area contributed by atoms with Gasteiger partial charge in [-0.15, -0.1) is 24.8 Å². The molecule has 0 spiro atoms. The second-order valence-corrected chi connectivity index (χ2v) is 6.25. The lowest BCUT2D eigenvalue weighted by molar-refractivity contribution is 0.0955. The smallest absolute Gasteiger partial charge is 0.252 e. The predicted octanol–water partition coefficient (Wildman–Crippen LogP) is 4.10. The third-order valence-electron chi connectivity index (χ3n) is 4.48. The third-order valence-corrected chi connectivity index (χ3v) is 4.48. The summed E-state index contributed by atoms with van der Waals surface area (Å²) < 4.78 is 10.7. The number of nitrogens with one attached hydrogen (secondary N) is 2. The third kappa shape index (κ3) is 5.75. The van der Waals surface area contributed by atoms with Gasteiger partial charge in [-0.05, 0) is 36.9 Å². The van der Waals surface area contributed by atoms with Crippen LogP contribution in [0.1, 0.15) is 17.3 Å². The molecule has 0 aliphatic heterocycles. The lowest BCUT2D eigenvalue weighted by Crippen LogP contribution is -2.31. The van der Waals surface area contributed by atoms with Crippen LogP contribution in [0.5, 0.6) is 11.5 Å². The highest BCUT2D eigenvalue weighted by atomic mass is 35.5. The standard InChI is InChI=1S/C22H25N3O3.2ClH/c1-4-23-11-12-24-22(26)17-14-19(25-18-8-6-5-7-16(17)18)15-9-10-20(27-2)21(13-15)28-3;;/h5-10,13-14,23H,4,11-12H2,1-3H3,(H,24,26);2*1H. The van der Waals surface area contributed by atoms with Crippen LogP contribution in [0.3, 0.4) is 0 Å². The monoisotopic (exact) mass is 451 g/mol. The summed E-state index contributed by atoms with van der Waals surface area (Å²) in [5.74, 6) is 1.15. The maximum Gasteiger partial charge on any atom is 0.252 e. The van der Waals surface area contributed by atoms with Gasteiger partial charge in [0.15, 0.2) is 11.5 Å². The van der Waals surface area contributed by atoms with Crippen LogP contribution in [0.4, 0.5) is 0 Å². The number of rotatable bonds is 8. The van der Waals surface area contributed by atoms with Gasteiger partial charge in [0.25, 0.3) is 5.91 Å². The van der Waals surface area contributed by atoms with Gasteiger partial charge in [-0.3, -0.25) is 4.79 Å². The van der Waals surface area contributed by atoms with E-state index in [9.17, 15) is 4.79 Å². The number of fused-ring (bicyclic) bond motifs is 1. The van der Waals surface area contributed by atoms with Crippen molar-refractivity contribution in [3.8, 4) is 22.8 Å². The molecule has 0 atom stereocenters. The Kier molecular flexibility index (Phi) is 10.4. The van der Waals surface area contributed by atoms with Gasteiger partial charge in [-0.2, -0.15) is 0 Å². The van der Waals surface area contributed by atoms with Crippen molar-refractivity contribution in [1.29, 1.82) is 0 Å². The van der Waals surface area contributed by atoms with Crippen molar-refractivity contribution in [2.24, 2.45) is 0 Å². The molecular weight excluding hydrogens is 425 g/mol. The van der Waals surface area contributed by atoms with Crippen LogP contribution in [-0.2, 0) is 0 Å². The summed E-state index contributed by atoms with van der Waals surface area (Å²) in [5, 5.41) is 7.00. The Bertz CT molecular complexity index is 983. The quantitative estimate of drug-likeness (QED) is 0.504. The van der Waals surface area contributed by atoms with E-state index in [-0.39, 0.29) is 30.7 Å². The highest BCUT2D eigenvalue weighted by Gasteiger charge is 2.15. The van der Waals surface area contributed by atoms with E-state index < -0.39 is 0 Å². The molecule has 6 nitrogen and oxygen atoms in total. The molecule has 0 fully saturated rings. The van der Waals surface area contributed by atoms with Crippen molar-refractivity contribution >= 4 is 41.6 Å². The molecule has 3 rings (SSSR count). The van der Waals surface area contributed by atoms with Crippen LogP contribution in [0.15, 0.2) is 48.5 Å². The van der Waals surface area contributed by atoms with E-state index in [1.807, 2.05) is 55.5 Å². The highest BCUT2D eigenvalue weighted by molar-refractivity contribution is 6.07. The summed E-state index contributed by atoms with van der Waals surface area (Å²) in [6.45, 7) is 4.20. The van der Waals surface area contributed by atoms with Crippen molar-refractivity contribution in [3.63, 3.8) is 0 Å². The molecule has 2 aromatic carbocycles. The average molecular weight is 452 g/mol. The molecule has 0 unspecified atom stereocenters. The minimum absolute atomic E-state index is 0. The van der Waals surface area contributed by atoms with Gasteiger partial charge in [0.05, 0.1) is 31.0 Å². The Morgan fingerprint density at radius 1 is 0.967 bits per heavy atom. The minimum Gasteiger partial charge on any atom is -0.493 e. The van der Waals surface area contributed by atoms with E-state index in [2.05, 4.69) is 10.6 Å². The zero-order chi connectivity index (χ0) is 19.9. The Labute approximate surface area is 189 Å². The van der Waals surface area contributed by atoms with Crippen molar-refractivity contribution in [2.75, 3.05) is 33.9 Å². The lowest BCUT2D eigenvalue weighted by Gasteiger charge is -2.12. The normalized spacial score (nSPS) is 9.97. The zero-order valence-corrected chi connectivity index (χ0v) is 18.9. The van der Waals surface area contributed by atoms with Gasteiger partial charge in [-0.25, -0.2) is 4.98 Å². The van der Waals surface area contributed by atoms with Crippen LogP contribution >= 0.6 is 24.8 Å². The van der Waals surface area contributed by atoms with Crippen LogP contribution in [0.2, 0.25) is 0 Å². The molecule has 0 aliphatic rings. The molecule has 0 saturated carbocycles. The molecule has 8 heteroatoms. The van der Waals surface area contributed by atoms with E-state index in [0.29, 0.717) is 29.3 Å². The number of hydrogen-bond acceptors (Lipinski definition) is 5. The molecule has 1 heterocycles. The number of likely N-dealkylation sites (N-methyl/N-ethyl adjacent to an activating group) is 1. The number of methoxy groups -OCH3 is 2. The molecule has 1 aromatic heterocycles. The van der Waals surface area contributed by atoms with Crippen molar-refractivity contribution in [2.45, 2.75) is 6.92 Å². The summed E-state index contributed by atoms with van der Waals surface area (Å²) in [5.41, 5.74) is 2.93. The molecule has 0 saturated heterocycles. The van der Waals surface area contributed by atoms with Crippen LogP contribution in [0, 0.1) is 0 Å². The van der Waals surface area contributed by atoms with E-state index >= 15 is 0 Å². The van der Waals surface area contributed by atoms with Crippen LogP contribution < -0.4 is 20.1 Å². The molecule has 2 N–H and O–H groups in total. The number of halogens is 2. The molecule has 0 bridgehead atoms. The Morgan fingerprint density at radius 2 is 1.70 bits per heavy atom. The summed E-state index contributed by atoms with van der Waals surface area (Å²) in [7, 11) is 3.19. The number of amides is 1. The predicted molar refractivity (Wildman–Crippen MR) is 126 cm³/mol. The van der Waals surface area contributed by atoms with E-state index in [0.717, 1.165) is 29.6 Å². The largest absolute Gasteiger partial charge is 0.493 e. The van der Waals surface area contributed by atoms with Crippen LogP contribution in [-0.4, -0.2) is 44.7 Å². The SMILES string of the molecule is CCNCCNC(=O)c1cc(-c2ccc(OC)c(OC)c2)nc2ccccc12.Cl.Cl. The summed E-state index contributed by atoms with van der Waals surface area (Å²) in [6.07, 6.45) is 0. The van der Waals surface area contributed by atoms with Gasteiger partial charge in [0, 0.05) is 24.0 Å². The fourth-order valence-corrected chi connectivity index (χ4v) is 3.04. The first-order valence-corrected chi connectivity index (χ1v) is 9.29. The van der Waals surface area contributed by atoms with E-state index in [4.69, 9.17) is 14.5 Å². The van der Waals surface area contributed by atoms with Crippen LogP contribution in [0.25, 0.3) is 22.2 Å². The van der Waals surface area contributed by atoms with Gasteiger partial charge in [0.2, 0.25) is 0 Å². The molecule has 1 amide bonds. The van der Waals surface area contributed by atoms with Crippen molar-refractivity contribution in [3.05, 3.63) is 54.1 Å². The molecule has 0 aliphatic carbocycles. The average Bonchev–Trinajstić information content (AvgIpc) is 2.75. The minimum atomic E-state index is -0.113.